The molecule has 0 aromatic heterocycles. The van der Waals surface area contributed by atoms with Crippen LogP contribution in [0.3, 0.4) is 0 Å². The summed E-state index contributed by atoms with van der Waals surface area (Å²) in [5, 5.41) is 0. The third-order valence-corrected chi connectivity index (χ3v) is 4.98. The Morgan fingerprint density at radius 2 is 1.52 bits per heavy atom. The van der Waals surface area contributed by atoms with Crippen LogP contribution in [0, 0.1) is 6.92 Å². The number of carbonyl (C=O) groups is 1. The lowest BCUT2D eigenvalue weighted by Crippen LogP contribution is -2.29. The number of aryl methyl sites for hydroxylation is 1. The Kier molecular flexibility index (Phi) is 5.75. The van der Waals surface area contributed by atoms with E-state index in [4.69, 9.17) is 0 Å². The van der Waals surface area contributed by atoms with E-state index < -0.39 is 0 Å². The molecule has 1 saturated heterocycles. The van der Waals surface area contributed by atoms with Crippen molar-refractivity contribution in [1.29, 1.82) is 0 Å². The highest BCUT2D eigenvalue weighted by molar-refractivity contribution is 5.78. The van der Waals surface area contributed by atoms with Crippen molar-refractivity contribution in [2.45, 2.75) is 39.2 Å². The van der Waals surface area contributed by atoms with Crippen LogP contribution in [0.15, 0.2) is 48.5 Å². The number of benzene rings is 2. The summed E-state index contributed by atoms with van der Waals surface area (Å²) in [6, 6.07) is 16.9. The predicted molar refractivity (Wildman–Crippen MR) is 104 cm³/mol. The SMILES string of the molecule is Cc1ccc(CC(=O)N(C)Cc2ccc(N3CCCCC3)cc2)cc1. The van der Waals surface area contributed by atoms with Crippen molar-refractivity contribution in [3.8, 4) is 0 Å². The topological polar surface area (TPSA) is 23.6 Å². The Morgan fingerprint density at radius 1 is 0.920 bits per heavy atom. The van der Waals surface area contributed by atoms with Crippen molar-refractivity contribution < 1.29 is 4.79 Å². The lowest BCUT2D eigenvalue weighted by atomic mass is 10.1. The lowest BCUT2D eigenvalue weighted by molar-refractivity contribution is -0.129. The second kappa shape index (κ2) is 8.19. The van der Waals surface area contributed by atoms with Gasteiger partial charge >= 0.3 is 0 Å². The molecule has 0 radical (unpaired) electrons. The molecular formula is C22H28N2O. The predicted octanol–water partition coefficient (Wildman–Crippen LogP) is 4.19. The fourth-order valence-electron chi connectivity index (χ4n) is 3.34. The summed E-state index contributed by atoms with van der Waals surface area (Å²) in [5.41, 5.74) is 4.78. The quantitative estimate of drug-likeness (QED) is 0.817. The summed E-state index contributed by atoms with van der Waals surface area (Å²) in [6.45, 7) is 5.04. The highest BCUT2D eigenvalue weighted by atomic mass is 16.2. The molecule has 0 aliphatic carbocycles. The smallest absolute Gasteiger partial charge is 0.227 e. The number of piperidine rings is 1. The van der Waals surface area contributed by atoms with Gasteiger partial charge in [0.2, 0.25) is 5.91 Å². The first-order valence-corrected chi connectivity index (χ1v) is 9.25. The van der Waals surface area contributed by atoms with Gasteiger partial charge in [0.1, 0.15) is 0 Å². The zero-order valence-corrected chi connectivity index (χ0v) is 15.4. The molecule has 2 aromatic rings. The Morgan fingerprint density at radius 3 is 2.16 bits per heavy atom. The van der Waals surface area contributed by atoms with Crippen molar-refractivity contribution in [3.63, 3.8) is 0 Å². The number of amides is 1. The van der Waals surface area contributed by atoms with Gasteiger partial charge in [0.05, 0.1) is 6.42 Å². The molecule has 0 atom stereocenters. The molecule has 1 aliphatic rings. The van der Waals surface area contributed by atoms with Crippen LogP contribution in [0.1, 0.15) is 36.0 Å². The molecule has 25 heavy (non-hydrogen) atoms. The van der Waals surface area contributed by atoms with Crippen LogP contribution < -0.4 is 4.90 Å². The second-order valence-corrected chi connectivity index (χ2v) is 7.13. The summed E-state index contributed by atoms with van der Waals surface area (Å²) in [7, 11) is 1.88. The number of hydrogen-bond donors (Lipinski definition) is 0. The van der Waals surface area contributed by atoms with Gasteiger partial charge in [-0.2, -0.15) is 0 Å². The number of anilines is 1. The minimum absolute atomic E-state index is 0.156. The highest BCUT2D eigenvalue weighted by Crippen LogP contribution is 2.20. The van der Waals surface area contributed by atoms with Gasteiger partial charge in [0.25, 0.3) is 0 Å². The molecule has 3 heteroatoms. The molecule has 1 heterocycles. The molecule has 1 aliphatic heterocycles. The molecule has 0 bridgehead atoms. The normalized spacial score (nSPS) is 14.4. The zero-order valence-electron chi connectivity index (χ0n) is 15.4. The van der Waals surface area contributed by atoms with E-state index in [1.807, 2.05) is 24.1 Å². The Balaban J connectivity index is 1.55. The molecule has 1 fully saturated rings. The molecule has 0 unspecified atom stereocenters. The number of likely N-dealkylation sites (N-methyl/N-ethyl adjacent to an activating group) is 1. The highest BCUT2D eigenvalue weighted by Gasteiger charge is 2.12. The van der Waals surface area contributed by atoms with Gasteiger partial charge in [-0.05, 0) is 49.4 Å². The Labute approximate surface area is 151 Å². The summed E-state index contributed by atoms with van der Waals surface area (Å²) in [6.07, 6.45) is 4.39. The van der Waals surface area contributed by atoms with Crippen molar-refractivity contribution >= 4 is 11.6 Å². The second-order valence-electron chi connectivity index (χ2n) is 7.13. The molecule has 0 spiro atoms. The average Bonchev–Trinajstić information content (AvgIpc) is 2.65. The van der Waals surface area contributed by atoms with Gasteiger partial charge in [-0.15, -0.1) is 0 Å². The molecule has 0 N–H and O–H groups in total. The third kappa shape index (κ3) is 4.85. The van der Waals surface area contributed by atoms with Crippen molar-refractivity contribution in [2.24, 2.45) is 0 Å². The minimum atomic E-state index is 0.156. The van der Waals surface area contributed by atoms with Crippen LogP contribution in [-0.2, 0) is 17.8 Å². The third-order valence-electron chi connectivity index (χ3n) is 4.98. The fraction of sp³-hybridized carbons (Fsp3) is 0.409. The van der Waals surface area contributed by atoms with Crippen LogP contribution >= 0.6 is 0 Å². The number of hydrogen-bond acceptors (Lipinski definition) is 2. The standard InChI is InChI=1S/C22H28N2O/c1-18-6-8-19(9-7-18)16-22(25)23(2)17-20-10-12-21(13-11-20)24-14-4-3-5-15-24/h6-13H,3-5,14-17H2,1-2H3. The first-order chi connectivity index (χ1) is 12.1. The monoisotopic (exact) mass is 336 g/mol. The number of rotatable bonds is 5. The van der Waals surface area contributed by atoms with Gasteiger partial charge < -0.3 is 9.80 Å². The zero-order chi connectivity index (χ0) is 17.6. The van der Waals surface area contributed by atoms with E-state index >= 15 is 0 Å². The summed E-state index contributed by atoms with van der Waals surface area (Å²) in [5.74, 6) is 0.156. The van der Waals surface area contributed by atoms with Crippen LogP contribution in [0.2, 0.25) is 0 Å². The molecule has 2 aromatic carbocycles. The minimum Gasteiger partial charge on any atom is -0.372 e. The molecule has 1 amide bonds. The van der Waals surface area contributed by atoms with Crippen molar-refractivity contribution in [1.82, 2.24) is 4.90 Å². The number of carbonyl (C=O) groups excluding carboxylic acids is 1. The van der Waals surface area contributed by atoms with E-state index in [2.05, 4.69) is 48.2 Å². The van der Waals surface area contributed by atoms with Crippen molar-refractivity contribution in [3.05, 3.63) is 65.2 Å². The lowest BCUT2D eigenvalue weighted by Gasteiger charge is -2.29. The van der Waals surface area contributed by atoms with Gasteiger partial charge in [-0.1, -0.05) is 42.0 Å². The number of nitrogens with zero attached hydrogens (tertiary/aromatic N) is 2. The molecular weight excluding hydrogens is 308 g/mol. The largest absolute Gasteiger partial charge is 0.372 e. The maximum Gasteiger partial charge on any atom is 0.227 e. The first-order valence-electron chi connectivity index (χ1n) is 9.25. The molecule has 0 saturated carbocycles. The van der Waals surface area contributed by atoms with Crippen molar-refractivity contribution in [2.75, 3.05) is 25.0 Å². The van der Waals surface area contributed by atoms with Crippen LogP contribution in [0.25, 0.3) is 0 Å². The van der Waals surface area contributed by atoms with E-state index in [-0.39, 0.29) is 5.91 Å². The Hall–Kier alpha value is -2.29. The first kappa shape index (κ1) is 17.5. The van der Waals surface area contributed by atoms with Gasteiger partial charge in [-0.25, -0.2) is 0 Å². The molecule has 3 rings (SSSR count). The van der Waals surface area contributed by atoms with E-state index in [0.717, 1.165) is 18.7 Å². The van der Waals surface area contributed by atoms with Crippen LogP contribution in [-0.4, -0.2) is 30.9 Å². The van der Waals surface area contributed by atoms with Crippen LogP contribution in [0.5, 0.6) is 0 Å². The van der Waals surface area contributed by atoms with Gasteiger partial charge in [0.15, 0.2) is 0 Å². The Bertz CT molecular complexity index is 685. The summed E-state index contributed by atoms with van der Waals surface area (Å²) >= 11 is 0. The fourth-order valence-corrected chi connectivity index (χ4v) is 3.34. The van der Waals surface area contributed by atoms with E-state index in [1.165, 1.54) is 36.1 Å². The van der Waals surface area contributed by atoms with E-state index in [1.54, 1.807) is 0 Å². The summed E-state index contributed by atoms with van der Waals surface area (Å²) < 4.78 is 0. The summed E-state index contributed by atoms with van der Waals surface area (Å²) in [4.78, 5) is 16.7. The molecule has 132 valence electrons. The van der Waals surface area contributed by atoms with Gasteiger partial charge in [-0.3, -0.25) is 4.79 Å². The molecule has 3 nitrogen and oxygen atoms in total. The van der Waals surface area contributed by atoms with Crippen LogP contribution in [0.4, 0.5) is 5.69 Å². The maximum atomic E-state index is 12.4. The maximum absolute atomic E-state index is 12.4. The van der Waals surface area contributed by atoms with E-state index in [0.29, 0.717) is 13.0 Å². The van der Waals surface area contributed by atoms with Gasteiger partial charge in [0, 0.05) is 32.4 Å². The average molecular weight is 336 g/mol. The van der Waals surface area contributed by atoms with E-state index in [9.17, 15) is 4.79 Å².